The maximum atomic E-state index is 12.9. The van der Waals surface area contributed by atoms with Crippen molar-refractivity contribution in [1.29, 1.82) is 0 Å². The Kier molecular flexibility index (Phi) is 8.86. The third-order valence-electron chi connectivity index (χ3n) is 6.06. The van der Waals surface area contributed by atoms with Crippen LogP contribution >= 0.6 is 0 Å². The van der Waals surface area contributed by atoms with Gasteiger partial charge in [0.1, 0.15) is 5.75 Å². The molecule has 5 nitrogen and oxygen atoms in total. The number of ether oxygens (including phenoxy) is 1. The first kappa shape index (κ1) is 25.0. The van der Waals surface area contributed by atoms with Crippen molar-refractivity contribution in [3.8, 4) is 5.75 Å². The van der Waals surface area contributed by atoms with Crippen LogP contribution in [-0.2, 0) is 4.79 Å². The van der Waals surface area contributed by atoms with Gasteiger partial charge < -0.3 is 15.4 Å². The lowest BCUT2D eigenvalue weighted by Crippen LogP contribution is -2.32. The lowest BCUT2D eigenvalue weighted by molar-refractivity contribution is -0.122. The van der Waals surface area contributed by atoms with E-state index in [9.17, 15) is 9.59 Å². The van der Waals surface area contributed by atoms with Crippen LogP contribution in [0.25, 0.3) is 0 Å². The lowest BCUT2D eigenvalue weighted by atomic mass is 9.98. The molecule has 0 aliphatic rings. The van der Waals surface area contributed by atoms with E-state index in [1.807, 2.05) is 62.4 Å². The number of para-hydroxylation sites is 1. The smallest absolute Gasteiger partial charge is 0.265 e. The molecule has 0 fully saturated rings. The Bertz CT molecular complexity index is 1080. The molecule has 34 heavy (non-hydrogen) atoms. The van der Waals surface area contributed by atoms with Crippen molar-refractivity contribution in [2.45, 2.75) is 58.6 Å². The van der Waals surface area contributed by atoms with Crippen LogP contribution in [-0.4, -0.2) is 17.9 Å². The SMILES string of the molecule is CCC(Oc1ccccc1C(C)CC)C(=O)Nc1ccc(C(=O)NC(C)c2ccccc2)cc1. The Morgan fingerprint density at radius 3 is 2.12 bits per heavy atom. The Balaban J connectivity index is 1.62. The van der Waals surface area contributed by atoms with Crippen LogP contribution in [0.1, 0.15) is 74.0 Å². The Morgan fingerprint density at radius 1 is 0.824 bits per heavy atom. The topological polar surface area (TPSA) is 67.4 Å². The van der Waals surface area contributed by atoms with Gasteiger partial charge in [0, 0.05) is 11.3 Å². The molecule has 178 valence electrons. The predicted octanol–water partition coefficient (Wildman–Crippen LogP) is 6.49. The number of carbonyl (C=O) groups excluding carboxylic acids is 2. The fourth-order valence-corrected chi connectivity index (χ4v) is 3.72. The van der Waals surface area contributed by atoms with Crippen LogP contribution in [0.15, 0.2) is 78.9 Å². The highest BCUT2D eigenvalue weighted by Gasteiger charge is 2.21. The summed E-state index contributed by atoms with van der Waals surface area (Å²) >= 11 is 0. The molecule has 2 N–H and O–H groups in total. The van der Waals surface area contributed by atoms with Gasteiger partial charge in [-0.15, -0.1) is 0 Å². The van der Waals surface area contributed by atoms with Gasteiger partial charge in [0.05, 0.1) is 6.04 Å². The lowest BCUT2D eigenvalue weighted by Gasteiger charge is -2.21. The van der Waals surface area contributed by atoms with Crippen molar-refractivity contribution in [2.24, 2.45) is 0 Å². The molecule has 0 saturated heterocycles. The number of carbonyl (C=O) groups is 2. The minimum atomic E-state index is -0.611. The van der Waals surface area contributed by atoms with Crippen molar-refractivity contribution in [3.63, 3.8) is 0 Å². The summed E-state index contributed by atoms with van der Waals surface area (Å²) in [6.45, 7) is 8.17. The zero-order chi connectivity index (χ0) is 24.5. The van der Waals surface area contributed by atoms with Crippen LogP contribution in [0.4, 0.5) is 5.69 Å². The molecule has 3 unspecified atom stereocenters. The van der Waals surface area contributed by atoms with Gasteiger partial charge in [-0.2, -0.15) is 0 Å². The van der Waals surface area contributed by atoms with E-state index in [2.05, 4.69) is 30.5 Å². The summed E-state index contributed by atoms with van der Waals surface area (Å²) in [7, 11) is 0. The molecule has 3 atom stereocenters. The number of hydrogen-bond acceptors (Lipinski definition) is 3. The minimum absolute atomic E-state index is 0.103. The largest absolute Gasteiger partial charge is 0.480 e. The van der Waals surface area contributed by atoms with Crippen LogP contribution in [0, 0.1) is 0 Å². The van der Waals surface area contributed by atoms with E-state index in [4.69, 9.17) is 4.74 Å². The second-order valence-corrected chi connectivity index (χ2v) is 8.53. The first-order chi connectivity index (χ1) is 16.4. The van der Waals surface area contributed by atoms with E-state index in [1.54, 1.807) is 24.3 Å². The van der Waals surface area contributed by atoms with Crippen LogP contribution < -0.4 is 15.4 Å². The fraction of sp³-hybridized carbons (Fsp3) is 0.310. The summed E-state index contributed by atoms with van der Waals surface area (Å²) in [5.74, 6) is 0.723. The molecule has 3 rings (SSSR count). The van der Waals surface area contributed by atoms with Gasteiger partial charge in [-0.3, -0.25) is 9.59 Å². The highest BCUT2D eigenvalue weighted by Crippen LogP contribution is 2.29. The van der Waals surface area contributed by atoms with Crippen molar-refractivity contribution < 1.29 is 14.3 Å². The molecule has 0 radical (unpaired) electrons. The average Bonchev–Trinajstić information content (AvgIpc) is 2.87. The molecule has 3 aromatic carbocycles. The molecule has 0 heterocycles. The van der Waals surface area contributed by atoms with Gasteiger partial charge >= 0.3 is 0 Å². The molecule has 5 heteroatoms. The highest BCUT2D eigenvalue weighted by molar-refractivity contribution is 5.97. The van der Waals surface area contributed by atoms with E-state index >= 15 is 0 Å². The molecular weight excluding hydrogens is 424 g/mol. The summed E-state index contributed by atoms with van der Waals surface area (Å²) in [4.78, 5) is 25.5. The summed E-state index contributed by atoms with van der Waals surface area (Å²) in [6, 6.07) is 24.5. The number of hydrogen-bond donors (Lipinski definition) is 2. The average molecular weight is 459 g/mol. The highest BCUT2D eigenvalue weighted by atomic mass is 16.5. The van der Waals surface area contributed by atoms with Gasteiger partial charge in [-0.25, -0.2) is 0 Å². The molecule has 0 spiro atoms. The van der Waals surface area contributed by atoms with Gasteiger partial charge in [-0.1, -0.05) is 69.3 Å². The molecule has 0 aromatic heterocycles. The number of anilines is 1. The quantitative estimate of drug-likeness (QED) is 0.365. The van der Waals surface area contributed by atoms with Gasteiger partial charge in [0.2, 0.25) is 0 Å². The maximum absolute atomic E-state index is 12.9. The van der Waals surface area contributed by atoms with E-state index in [-0.39, 0.29) is 17.9 Å². The Hall–Kier alpha value is -3.60. The summed E-state index contributed by atoms with van der Waals surface area (Å²) in [6.07, 6.45) is 0.922. The van der Waals surface area contributed by atoms with Crippen LogP contribution in [0.3, 0.4) is 0 Å². The van der Waals surface area contributed by atoms with E-state index in [0.717, 1.165) is 23.3 Å². The zero-order valence-electron chi connectivity index (χ0n) is 20.4. The monoisotopic (exact) mass is 458 g/mol. The molecule has 0 bridgehead atoms. The molecular formula is C29H34N2O3. The van der Waals surface area contributed by atoms with Crippen molar-refractivity contribution in [2.75, 3.05) is 5.32 Å². The van der Waals surface area contributed by atoms with Crippen molar-refractivity contribution in [3.05, 3.63) is 95.6 Å². The summed E-state index contributed by atoms with van der Waals surface area (Å²) < 4.78 is 6.12. The third-order valence-corrected chi connectivity index (χ3v) is 6.06. The maximum Gasteiger partial charge on any atom is 0.265 e. The number of rotatable bonds is 10. The minimum Gasteiger partial charge on any atom is -0.480 e. The standard InChI is InChI=1S/C29H34N2O3/c1-5-20(3)25-14-10-11-15-27(25)34-26(6-2)29(33)31-24-18-16-23(17-19-24)28(32)30-21(4)22-12-8-7-9-13-22/h7-21,26H,5-6H2,1-4H3,(H,30,32)(H,31,33). The van der Waals surface area contributed by atoms with Crippen molar-refractivity contribution >= 4 is 17.5 Å². The second kappa shape index (κ2) is 12.0. The zero-order valence-corrected chi connectivity index (χ0v) is 20.4. The molecule has 3 aromatic rings. The van der Waals surface area contributed by atoms with Crippen LogP contribution in [0.5, 0.6) is 5.75 Å². The molecule has 0 aliphatic heterocycles. The van der Waals surface area contributed by atoms with Gasteiger partial charge in [0.25, 0.3) is 11.8 Å². The van der Waals surface area contributed by atoms with Gasteiger partial charge in [-0.05, 0) is 67.1 Å². The molecule has 2 amide bonds. The normalized spacial score (nSPS) is 13.4. The fourth-order valence-electron chi connectivity index (χ4n) is 3.72. The summed E-state index contributed by atoms with van der Waals surface area (Å²) in [5, 5.41) is 5.91. The third kappa shape index (κ3) is 6.47. The second-order valence-electron chi connectivity index (χ2n) is 8.53. The number of amides is 2. The van der Waals surface area contributed by atoms with E-state index in [0.29, 0.717) is 23.6 Å². The van der Waals surface area contributed by atoms with E-state index in [1.165, 1.54) is 0 Å². The predicted molar refractivity (Wildman–Crippen MR) is 137 cm³/mol. The van der Waals surface area contributed by atoms with Crippen LogP contribution in [0.2, 0.25) is 0 Å². The Morgan fingerprint density at radius 2 is 1.47 bits per heavy atom. The summed E-state index contributed by atoms with van der Waals surface area (Å²) in [5.41, 5.74) is 3.30. The molecule has 0 saturated carbocycles. The first-order valence-corrected chi connectivity index (χ1v) is 11.9. The Labute approximate surface area is 202 Å². The number of benzene rings is 3. The van der Waals surface area contributed by atoms with Crippen molar-refractivity contribution in [1.82, 2.24) is 5.32 Å². The van der Waals surface area contributed by atoms with Gasteiger partial charge in [0.15, 0.2) is 6.10 Å². The molecule has 0 aliphatic carbocycles. The number of nitrogens with one attached hydrogen (secondary N) is 2. The van der Waals surface area contributed by atoms with E-state index < -0.39 is 6.10 Å². The first-order valence-electron chi connectivity index (χ1n) is 11.9.